The Labute approximate surface area is 200 Å². The van der Waals surface area contributed by atoms with Crippen molar-refractivity contribution >= 4 is 40.5 Å². The van der Waals surface area contributed by atoms with Gasteiger partial charge in [0, 0.05) is 5.56 Å². The minimum atomic E-state index is -1.24. The van der Waals surface area contributed by atoms with Crippen LogP contribution in [0.5, 0.6) is 11.5 Å². The maximum absolute atomic E-state index is 12.4. The second-order valence-corrected chi connectivity index (χ2v) is 7.88. The average molecular weight is 543 g/mol. The fourth-order valence-electron chi connectivity index (χ4n) is 2.91. The molecule has 1 amide bonds. The van der Waals surface area contributed by atoms with E-state index in [0.717, 1.165) is 9.13 Å². The topological polar surface area (TPSA) is 84.9 Å². The molecule has 0 aliphatic carbocycles. The van der Waals surface area contributed by atoms with E-state index in [0.29, 0.717) is 35.8 Å². The van der Waals surface area contributed by atoms with Gasteiger partial charge < -0.3 is 19.9 Å². The van der Waals surface area contributed by atoms with Crippen LogP contribution in [0.3, 0.4) is 0 Å². The molecule has 6 nitrogen and oxygen atoms in total. The van der Waals surface area contributed by atoms with E-state index in [-0.39, 0.29) is 5.70 Å². The lowest BCUT2D eigenvalue weighted by Gasteiger charge is -2.15. The van der Waals surface area contributed by atoms with Crippen LogP contribution < -0.4 is 14.8 Å². The largest absolute Gasteiger partial charge is 0.490 e. The average Bonchev–Trinajstić information content (AvgIpc) is 2.79. The highest BCUT2D eigenvalue weighted by Crippen LogP contribution is 2.35. The maximum atomic E-state index is 12.4. The number of carboxylic acids is 1. The highest BCUT2D eigenvalue weighted by atomic mass is 127. The third-order valence-corrected chi connectivity index (χ3v) is 5.18. The number of carbonyl (C=O) groups excluding carboxylic acids is 1. The van der Waals surface area contributed by atoms with Gasteiger partial charge in [-0.25, -0.2) is 4.79 Å². The van der Waals surface area contributed by atoms with E-state index in [1.54, 1.807) is 42.5 Å². The van der Waals surface area contributed by atoms with Crippen molar-refractivity contribution in [2.24, 2.45) is 0 Å². The van der Waals surface area contributed by atoms with E-state index >= 15 is 0 Å². The molecule has 32 heavy (non-hydrogen) atoms. The molecule has 0 heterocycles. The van der Waals surface area contributed by atoms with E-state index in [1.165, 1.54) is 6.08 Å². The lowest BCUT2D eigenvalue weighted by Crippen LogP contribution is -2.27. The highest BCUT2D eigenvalue weighted by molar-refractivity contribution is 14.1. The lowest BCUT2D eigenvalue weighted by molar-refractivity contribution is -0.132. The van der Waals surface area contributed by atoms with Crippen LogP contribution in [-0.2, 0) is 11.4 Å². The molecule has 0 saturated heterocycles. The number of aliphatic carboxylic acids is 1. The van der Waals surface area contributed by atoms with Crippen molar-refractivity contribution in [3.05, 3.63) is 98.8 Å². The molecule has 3 aromatic carbocycles. The smallest absolute Gasteiger partial charge is 0.352 e. The molecule has 0 spiro atoms. The van der Waals surface area contributed by atoms with Crippen LogP contribution in [0.2, 0.25) is 0 Å². The summed E-state index contributed by atoms with van der Waals surface area (Å²) in [5.41, 5.74) is 1.71. The zero-order valence-corrected chi connectivity index (χ0v) is 19.5. The van der Waals surface area contributed by atoms with Gasteiger partial charge in [0.2, 0.25) is 0 Å². The molecule has 0 bridgehead atoms. The molecule has 0 saturated carbocycles. The lowest BCUT2D eigenvalue weighted by atomic mass is 10.1. The second kappa shape index (κ2) is 11.3. The summed E-state index contributed by atoms with van der Waals surface area (Å²) >= 11 is 2.12. The van der Waals surface area contributed by atoms with Gasteiger partial charge in [-0.2, -0.15) is 0 Å². The predicted molar refractivity (Wildman–Crippen MR) is 131 cm³/mol. The summed E-state index contributed by atoms with van der Waals surface area (Å²) in [5, 5.41) is 12.1. The Bertz CT molecular complexity index is 1110. The Kier molecular flexibility index (Phi) is 8.27. The van der Waals surface area contributed by atoms with Crippen molar-refractivity contribution in [2.75, 3.05) is 6.61 Å². The molecule has 0 aliphatic heterocycles. The maximum Gasteiger partial charge on any atom is 0.352 e. The molecule has 0 aliphatic rings. The van der Waals surface area contributed by atoms with Crippen LogP contribution in [0.1, 0.15) is 28.4 Å². The molecule has 3 aromatic rings. The highest BCUT2D eigenvalue weighted by Gasteiger charge is 2.16. The molecule has 0 radical (unpaired) electrons. The van der Waals surface area contributed by atoms with Gasteiger partial charge in [0.15, 0.2) is 11.5 Å². The van der Waals surface area contributed by atoms with Gasteiger partial charge in [-0.15, -0.1) is 0 Å². The van der Waals surface area contributed by atoms with Crippen molar-refractivity contribution in [1.29, 1.82) is 0 Å². The number of carbonyl (C=O) groups is 2. The molecule has 7 heteroatoms. The summed E-state index contributed by atoms with van der Waals surface area (Å²) in [7, 11) is 0. The first-order valence-electron chi connectivity index (χ1n) is 9.92. The molecule has 2 N–H and O–H groups in total. The Hall–Kier alpha value is -3.33. The summed E-state index contributed by atoms with van der Waals surface area (Å²) in [4.78, 5) is 24.2. The zero-order valence-electron chi connectivity index (χ0n) is 17.4. The predicted octanol–water partition coefficient (Wildman–Crippen LogP) is 5.12. The zero-order chi connectivity index (χ0) is 22.9. The minimum absolute atomic E-state index is 0.241. The molecule has 0 unspecified atom stereocenters. The normalized spacial score (nSPS) is 11.0. The van der Waals surface area contributed by atoms with Crippen LogP contribution in [-0.4, -0.2) is 23.6 Å². The fraction of sp³-hybridized carbons (Fsp3) is 0.120. The minimum Gasteiger partial charge on any atom is -0.490 e. The number of amides is 1. The van der Waals surface area contributed by atoms with Crippen LogP contribution in [0.25, 0.3) is 6.08 Å². The number of halogens is 1. The van der Waals surface area contributed by atoms with Crippen molar-refractivity contribution in [1.82, 2.24) is 5.32 Å². The van der Waals surface area contributed by atoms with Gasteiger partial charge >= 0.3 is 5.97 Å². The summed E-state index contributed by atoms with van der Waals surface area (Å²) in [6, 6.07) is 21.7. The third-order valence-electron chi connectivity index (χ3n) is 4.38. The van der Waals surface area contributed by atoms with Crippen LogP contribution in [0.4, 0.5) is 0 Å². The first-order valence-corrected chi connectivity index (χ1v) is 11.0. The first kappa shape index (κ1) is 23.3. The Balaban J connectivity index is 1.87. The Morgan fingerprint density at radius 1 is 1.00 bits per heavy atom. The van der Waals surface area contributed by atoms with Gasteiger partial charge in [-0.1, -0.05) is 48.5 Å². The van der Waals surface area contributed by atoms with Crippen molar-refractivity contribution in [3.8, 4) is 11.5 Å². The van der Waals surface area contributed by atoms with Crippen molar-refractivity contribution in [3.63, 3.8) is 0 Å². The van der Waals surface area contributed by atoms with Crippen molar-refractivity contribution < 1.29 is 24.2 Å². The number of carboxylic acid groups (broad SMARTS) is 1. The number of benzene rings is 3. The van der Waals surface area contributed by atoms with Crippen LogP contribution >= 0.6 is 22.6 Å². The van der Waals surface area contributed by atoms with Gasteiger partial charge in [0.1, 0.15) is 12.3 Å². The summed E-state index contributed by atoms with van der Waals surface area (Å²) in [5.74, 6) is -0.659. The molecule has 0 fully saturated rings. The quantitative estimate of drug-likeness (QED) is 0.289. The molecule has 0 aromatic heterocycles. The van der Waals surface area contributed by atoms with Gasteiger partial charge in [0.25, 0.3) is 5.91 Å². The second-order valence-electron chi connectivity index (χ2n) is 6.72. The fourth-order valence-corrected chi connectivity index (χ4v) is 3.69. The van der Waals surface area contributed by atoms with Gasteiger partial charge in [-0.05, 0) is 71.0 Å². The number of nitrogens with one attached hydrogen (secondary N) is 1. The van der Waals surface area contributed by atoms with E-state index in [1.807, 2.05) is 37.3 Å². The Morgan fingerprint density at radius 3 is 2.28 bits per heavy atom. The molecule has 3 rings (SSSR count). The third kappa shape index (κ3) is 6.34. The van der Waals surface area contributed by atoms with Gasteiger partial charge in [0.05, 0.1) is 10.2 Å². The van der Waals surface area contributed by atoms with Crippen molar-refractivity contribution in [2.45, 2.75) is 13.5 Å². The summed E-state index contributed by atoms with van der Waals surface area (Å²) < 4.78 is 12.5. The van der Waals surface area contributed by atoms with E-state index in [9.17, 15) is 14.7 Å². The SMILES string of the molecule is CCOc1cc(C=C(NC(=O)c2ccccc2)C(=O)O)cc(I)c1OCc1ccccc1. The monoisotopic (exact) mass is 543 g/mol. The van der Waals surface area contributed by atoms with E-state index in [4.69, 9.17) is 9.47 Å². The molecule has 164 valence electrons. The Morgan fingerprint density at radius 2 is 1.66 bits per heavy atom. The van der Waals surface area contributed by atoms with Crippen LogP contribution in [0, 0.1) is 3.57 Å². The summed E-state index contributed by atoms with van der Waals surface area (Å²) in [6.45, 7) is 2.65. The molecular weight excluding hydrogens is 521 g/mol. The van der Waals surface area contributed by atoms with Gasteiger partial charge in [-0.3, -0.25) is 4.79 Å². The number of ether oxygens (including phenoxy) is 2. The van der Waals surface area contributed by atoms with Crippen LogP contribution in [0.15, 0.2) is 78.5 Å². The van der Waals surface area contributed by atoms with E-state index < -0.39 is 11.9 Å². The first-order chi connectivity index (χ1) is 15.5. The molecule has 0 atom stereocenters. The summed E-state index contributed by atoms with van der Waals surface area (Å²) in [6.07, 6.45) is 1.40. The number of hydrogen-bond donors (Lipinski definition) is 2. The van der Waals surface area contributed by atoms with E-state index in [2.05, 4.69) is 27.9 Å². The number of hydrogen-bond acceptors (Lipinski definition) is 4. The molecular formula is C25H22INO5. The number of rotatable bonds is 9. The standard InChI is InChI=1S/C25H22INO5/c1-2-31-22-15-18(13-20(26)23(22)32-16-17-9-5-3-6-10-17)14-21(25(29)30)27-24(28)19-11-7-4-8-12-19/h3-15H,2,16H2,1H3,(H,27,28)(H,29,30).